The van der Waals surface area contributed by atoms with Crippen LogP contribution in [0.1, 0.15) is 49.3 Å². The second-order valence-corrected chi connectivity index (χ2v) is 5.22. The smallest absolute Gasteiger partial charge is 0.0624 e. The van der Waals surface area contributed by atoms with E-state index >= 15 is 0 Å². The van der Waals surface area contributed by atoms with E-state index < -0.39 is 0 Å². The van der Waals surface area contributed by atoms with Crippen LogP contribution in [0.3, 0.4) is 0 Å². The first-order valence-electron chi connectivity index (χ1n) is 7.57. The fraction of sp³-hybridized carbons (Fsp3) is 0.471. The molecule has 0 spiro atoms. The Balaban J connectivity index is 2.13. The third-order valence-electron chi connectivity index (χ3n) is 3.82. The molecule has 1 aromatic carbocycles. The molecule has 0 amide bonds. The van der Waals surface area contributed by atoms with E-state index in [9.17, 15) is 0 Å². The molecule has 0 aliphatic rings. The average molecular weight is 271 g/mol. The molecule has 1 atom stereocenters. The maximum absolute atomic E-state index is 6.33. The number of rotatable bonds is 6. The molecule has 0 saturated carbocycles. The average Bonchev–Trinajstić information content (AvgIpc) is 2.89. The fourth-order valence-corrected chi connectivity index (χ4v) is 2.42. The number of aryl methyl sites for hydroxylation is 3. The Morgan fingerprint density at radius 1 is 1.05 bits per heavy atom. The predicted molar refractivity (Wildman–Crippen MR) is 83.7 cm³/mol. The Hall–Kier alpha value is -1.61. The van der Waals surface area contributed by atoms with Crippen LogP contribution >= 0.6 is 0 Å². The largest absolute Gasteiger partial charge is 0.322 e. The second kappa shape index (κ2) is 6.71. The van der Waals surface area contributed by atoms with E-state index in [2.05, 4.69) is 60.9 Å². The maximum atomic E-state index is 6.33. The molecule has 108 valence electrons. The van der Waals surface area contributed by atoms with E-state index in [-0.39, 0.29) is 6.04 Å². The normalized spacial score (nSPS) is 12.6. The van der Waals surface area contributed by atoms with E-state index in [1.165, 1.54) is 16.8 Å². The molecular formula is C17H25N3. The summed E-state index contributed by atoms with van der Waals surface area (Å²) in [5.41, 5.74) is 11.3. The molecule has 2 aromatic rings. The summed E-state index contributed by atoms with van der Waals surface area (Å²) in [6, 6.07) is 10.8. The molecule has 0 bridgehead atoms. The van der Waals surface area contributed by atoms with Gasteiger partial charge < -0.3 is 5.73 Å². The van der Waals surface area contributed by atoms with E-state index in [0.717, 1.165) is 31.5 Å². The zero-order chi connectivity index (χ0) is 14.5. The summed E-state index contributed by atoms with van der Waals surface area (Å²) in [5, 5.41) is 4.64. The van der Waals surface area contributed by atoms with Crippen LogP contribution in [0.2, 0.25) is 0 Å². The van der Waals surface area contributed by atoms with Gasteiger partial charge in [-0.3, -0.25) is 4.68 Å². The molecule has 3 heteroatoms. The van der Waals surface area contributed by atoms with E-state index in [4.69, 9.17) is 5.73 Å². The van der Waals surface area contributed by atoms with Crippen LogP contribution in [0.25, 0.3) is 0 Å². The lowest BCUT2D eigenvalue weighted by Crippen LogP contribution is -2.19. The van der Waals surface area contributed by atoms with Gasteiger partial charge in [0.05, 0.1) is 12.2 Å². The van der Waals surface area contributed by atoms with Crippen molar-refractivity contribution in [1.82, 2.24) is 9.78 Å². The molecule has 0 aliphatic heterocycles. The zero-order valence-electron chi connectivity index (χ0n) is 12.8. The van der Waals surface area contributed by atoms with Gasteiger partial charge in [-0.2, -0.15) is 5.10 Å². The highest BCUT2D eigenvalue weighted by molar-refractivity contribution is 5.25. The van der Waals surface area contributed by atoms with Crippen LogP contribution in [0.5, 0.6) is 0 Å². The predicted octanol–water partition coefficient (Wildman–Crippen LogP) is 3.27. The van der Waals surface area contributed by atoms with Crippen LogP contribution in [0.4, 0.5) is 0 Å². The molecule has 0 fully saturated rings. The van der Waals surface area contributed by atoms with Crippen molar-refractivity contribution >= 4 is 0 Å². The standard InChI is InChI=1S/C17H25N3/c1-4-13-7-9-14(10-8-13)17(18)12-20-16(6-3)11-15(5-2)19-20/h7-11,17H,4-6,12,18H2,1-3H3. The van der Waals surface area contributed by atoms with Crippen LogP contribution in [0.15, 0.2) is 30.3 Å². The Kier molecular flexibility index (Phi) is 4.96. The van der Waals surface area contributed by atoms with E-state index in [0.29, 0.717) is 0 Å². The number of benzene rings is 1. The number of aromatic nitrogens is 2. The van der Waals surface area contributed by atoms with Crippen molar-refractivity contribution in [1.29, 1.82) is 0 Å². The van der Waals surface area contributed by atoms with Crippen LogP contribution < -0.4 is 5.73 Å². The molecule has 3 nitrogen and oxygen atoms in total. The van der Waals surface area contributed by atoms with Crippen molar-refractivity contribution in [2.45, 2.75) is 52.6 Å². The summed E-state index contributed by atoms with van der Waals surface area (Å²) in [7, 11) is 0. The third-order valence-corrected chi connectivity index (χ3v) is 3.82. The summed E-state index contributed by atoms with van der Waals surface area (Å²) < 4.78 is 2.07. The highest BCUT2D eigenvalue weighted by Crippen LogP contribution is 2.16. The van der Waals surface area contributed by atoms with Gasteiger partial charge in [0, 0.05) is 11.7 Å². The van der Waals surface area contributed by atoms with Crippen molar-refractivity contribution < 1.29 is 0 Å². The fourth-order valence-electron chi connectivity index (χ4n) is 2.42. The SMILES string of the molecule is CCc1ccc(C(N)Cn2nc(CC)cc2CC)cc1. The monoisotopic (exact) mass is 271 g/mol. The topological polar surface area (TPSA) is 43.8 Å². The highest BCUT2D eigenvalue weighted by atomic mass is 15.3. The lowest BCUT2D eigenvalue weighted by Gasteiger charge is -2.14. The van der Waals surface area contributed by atoms with Gasteiger partial charge in [-0.1, -0.05) is 45.0 Å². The second-order valence-electron chi connectivity index (χ2n) is 5.22. The number of hydrogen-bond acceptors (Lipinski definition) is 2. The molecule has 2 rings (SSSR count). The highest BCUT2D eigenvalue weighted by Gasteiger charge is 2.11. The van der Waals surface area contributed by atoms with Crippen molar-refractivity contribution in [3.05, 3.63) is 52.8 Å². The lowest BCUT2D eigenvalue weighted by molar-refractivity contribution is 0.507. The Bertz CT molecular complexity index is 540. The lowest BCUT2D eigenvalue weighted by atomic mass is 10.0. The van der Waals surface area contributed by atoms with Gasteiger partial charge in [-0.25, -0.2) is 0 Å². The summed E-state index contributed by atoms with van der Waals surface area (Å²) in [5.74, 6) is 0. The summed E-state index contributed by atoms with van der Waals surface area (Å²) in [6.07, 6.45) is 3.03. The van der Waals surface area contributed by atoms with E-state index in [1.54, 1.807) is 0 Å². The van der Waals surface area contributed by atoms with Crippen LogP contribution in [-0.2, 0) is 25.8 Å². The minimum Gasteiger partial charge on any atom is -0.322 e. The van der Waals surface area contributed by atoms with Gasteiger partial charge in [-0.05, 0) is 36.5 Å². The molecular weight excluding hydrogens is 246 g/mol. The molecule has 1 aromatic heterocycles. The molecule has 1 heterocycles. The minimum atomic E-state index is -0.00388. The maximum Gasteiger partial charge on any atom is 0.0624 e. The van der Waals surface area contributed by atoms with Gasteiger partial charge in [0.1, 0.15) is 0 Å². The van der Waals surface area contributed by atoms with Crippen molar-refractivity contribution in [2.75, 3.05) is 0 Å². The summed E-state index contributed by atoms with van der Waals surface area (Å²) >= 11 is 0. The van der Waals surface area contributed by atoms with Crippen LogP contribution in [-0.4, -0.2) is 9.78 Å². The Morgan fingerprint density at radius 3 is 2.30 bits per heavy atom. The Morgan fingerprint density at radius 2 is 1.75 bits per heavy atom. The van der Waals surface area contributed by atoms with Gasteiger partial charge in [-0.15, -0.1) is 0 Å². The summed E-state index contributed by atoms with van der Waals surface area (Å²) in [6.45, 7) is 7.21. The van der Waals surface area contributed by atoms with E-state index in [1.807, 2.05) is 0 Å². The molecule has 1 unspecified atom stereocenters. The zero-order valence-corrected chi connectivity index (χ0v) is 12.8. The molecule has 0 radical (unpaired) electrons. The van der Waals surface area contributed by atoms with Crippen LogP contribution in [0, 0.1) is 0 Å². The molecule has 0 aliphatic carbocycles. The van der Waals surface area contributed by atoms with Gasteiger partial charge >= 0.3 is 0 Å². The van der Waals surface area contributed by atoms with Gasteiger partial charge in [0.15, 0.2) is 0 Å². The first-order valence-corrected chi connectivity index (χ1v) is 7.57. The minimum absolute atomic E-state index is 0.00388. The summed E-state index contributed by atoms with van der Waals surface area (Å²) in [4.78, 5) is 0. The third kappa shape index (κ3) is 3.28. The Labute approximate surface area is 121 Å². The number of hydrogen-bond donors (Lipinski definition) is 1. The van der Waals surface area contributed by atoms with Crippen molar-refractivity contribution in [3.8, 4) is 0 Å². The molecule has 2 N–H and O–H groups in total. The van der Waals surface area contributed by atoms with Crippen molar-refractivity contribution in [3.63, 3.8) is 0 Å². The van der Waals surface area contributed by atoms with Gasteiger partial charge in [0.2, 0.25) is 0 Å². The quantitative estimate of drug-likeness (QED) is 0.876. The number of nitrogens with zero attached hydrogens (tertiary/aromatic N) is 2. The van der Waals surface area contributed by atoms with Crippen molar-refractivity contribution in [2.24, 2.45) is 5.73 Å². The first kappa shape index (κ1) is 14.8. The van der Waals surface area contributed by atoms with Gasteiger partial charge in [0.25, 0.3) is 0 Å². The molecule has 0 saturated heterocycles. The molecule has 20 heavy (non-hydrogen) atoms. The first-order chi connectivity index (χ1) is 9.67. The number of nitrogens with two attached hydrogens (primary N) is 1.